The number of nitrogens with one attached hydrogen (secondary N) is 4. The molecule has 0 aliphatic carbocycles. The molecule has 14 heteroatoms. The Labute approximate surface area is 384 Å². The first-order valence-corrected chi connectivity index (χ1v) is 22.6. The van der Waals surface area contributed by atoms with Crippen molar-refractivity contribution in [3.05, 3.63) is 155 Å². The lowest BCUT2D eigenvalue weighted by Crippen LogP contribution is -2.48. The molecule has 4 amide bonds. The molecule has 0 bridgehead atoms. The molecule has 3 saturated heterocycles. The van der Waals surface area contributed by atoms with E-state index in [0.29, 0.717) is 24.5 Å². The molecule has 0 unspecified atom stereocenters. The summed E-state index contributed by atoms with van der Waals surface area (Å²) in [4.78, 5) is 75.9. The molecule has 0 spiro atoms. The van der Waals surface area contributed by atoms with Gasteiger partial charge in [0.1, 0.15) is 23.7 Å². The minimum Gasteiger partial charge on any atom is -0.453 e. The lowest BCUT2D eigenvalue weighted by molar-refractivity contribution is -0.138. The van der Waals surface area contributed by atoms with Crippen LogP contribution in [0.3, 0.4) is 0 Å². The number of amides is 4. The highest BCUT2D eigenvalue weighted by atomic mass is 16.5. The number of aromatic nitrogens is 4. The van der Waals surface area contributed by atoms with Crippen molar-refractivity contribution < 1.29 is 23.9 Å². The van der Waals surface area contributed by atoms with Crippen LogP contribution in [0.15, 0.2) is 122 Å². The summed E-state index contributed by atoms with van der Waals surface area (Å²) >= 11 is 0. The van der Waals surface area contributed by atoms with Crippen LogP contribution >= 0.6 is 0 Å². The van der Waals surface area contributed by atoms with Crippen molar-refractivity contribution >= 4 is 23.8 Å². The first-order valence-electron chi connectivity index (χ1n) is 22.6. The number of nitrogens with zero attached hydrogens (tertiary/aromatic N) is 5. The number of rotatable bonds is 11. The Bertz CT molecular complexity index is 2730. The molecule has 4 N–H and O–H groups in total. The predicted molar refractivity (Wildman–Crippen MR) is 249 cm³/mol. The molecule has 3 aliphatic heterocycles. The van der Waals surface area contributed by atoms with E-state index in [1.807, 2.05) is 127 Å². The largest absolute Gasteiger partial charge is 0.453 e. The zero-order chi connectivity index (χ0) is 45.6. The van der Waals surface area contributed by atoms with Gasteiger partial charge in [0.15, 0.2) is 0 Å². The summed E-state index contributed by atoms with van der Waals surface area (Å²) in [5.74, 6) is 7.50. The molecule has 6 aromatic rings. The molecule has 0 radical (unpaired) electrons. The van der Waals surface area contributed by atoms with Gasteiger partial charge < -0.3 is 35.1 Å². The van der Waals surface area contributed by atoms with Crippen LogP contribution in [0.4, 0.5) is 4.79 Å². The van der Waals surface area contributed by atoms with E-state index in [4.69, 9.17) is 9.72 Å². The quantitative estimate of drug-likeness (QED) is 0.0988. The van der Waals surface area contributed by atoms with Gasteiger partial charge in [-0.25, -0.2) is 14.8 Å². The lowest BCUT2D eigenvalue weighted by Gasteiger charge is -2.30. The van der Waals surface area contributed by atoms with E-state index in [9.17, 15) is 19.2 Å². The number of hydrogen-bond donors (Lipinski definition) is 4. The first kappa shape index (κ1) is 43.7. The van der Waals surface area contributed by atoms with Crippen LogP contribution in [0, 0.1) is 11.8 Å². The normalized spacial score (nSPS) is 19.2. The second kappa shape index (κ2) is 19.7. The summed E-state index contributed by atoms with van der Waals surface area (Å²) in [6.45, 7) is 2.00. The van der Waals surface area contributed by atoms with Crippen molar-refractivity contribution in [2.45, 2.75) is 68.7 Å². The van der Waals surface area contributed by atoms with E-state index in [-0.39, 0.29) is 35.8 Å². The van der Waals surface area contributed by atoms with E-state index in [2.05, 4.69) is 42.3 Å². The van der Waals surface area contributed by atoms with Crippen molar-refractivity contribution in [2.75, 3.05) is 33.8 Å². The number of likely N-dealkylation sites (tertiary alicyclic amines) is 3. The fraction of sp³-hybridized carbons (Fsp3) is 0.308. The van der Waals surface area contributed by atoms with Crippen LogP contribution in [0.2, 0.25) is 0 Å². The van der Waals surface area contributed by atoms with Crippen LogP contribution < -0.4 is 10.6 Å². The number of carbonyl (C=O) groups is 4. The molecule has 336 valence electrons. The Morgan fingerprint density at radius 2 is 1.08 bits per heavy atom. The van der Waals surface area contributed by atoms with Gasteiger partial charge in [-0.05, 0) is 98.6 Å². The number of alkyl carbamates (subject to hydrolysis) is 1. The van der Waals surface area contributed by atoms with Gasteiger partial charge >= 0.3 is 6.09 Å². The molecule has 9 rings (SSSR count). The highest BCUT2D eigenvalue weighted by molar-refractivity contribution is 5.91. The van der Waals surface area contributed by atoms with Gasteiger partial charge in [-0.1, -0.05) is 96.8 Å². The smallest absolute Gasteiger partial charge is 0.407 e. The van der Waals surface area contributed by atoms with E-state index >= 15 is 0 Å². The van der Waals surface area contributed by atoms with Crippen LogP contribution in [0.1, 0.15) is 96.6 Å². The second-order valence-corrected chi connectivity index (χ2v) is 17.1. The summed E-state index contributed by atoms with van der Waals surface area (Å²) in [5, 5.41) is 5.82. The fourth-order valence-corrected chi connectivity index (χ4v) is 9.40. The Kier molecular flexibility index (Phi) is 13.1. The SMILES string of the molecule is COC(=O)N[C@@H](C(=O)N1CCC[C@H]1c1ncc(-c2ccc(C#Cc3ccc(-c4cnc([C@@H]5CCCN5C(=O)[C@H](NC(=O)[C@@H]5CCCN5C)c5ccccc5)[nH]4)cc3)cc2)[nH]1)c1ccccc1. The third kappa shape index (κ3) is 9.48. The summed E-state index contributed by atoms with van der Waals surface area (Å²) in [5.41, 5.74) is 6.72. The molecule has 66 heavy (non-hydrogen) atoms. The average Bonchev–Trinajstić information content (AvgIpc) is 4.23. The number of methoxy groups -OCH3 is 1. The van der Waals surface area contributed by atoms with Gasteiger partial charge in [0.25, 0.3) is 5.91 Å². The highest BCUT2D eigenvalue weighted by Crippen LogP contribution is 2.36. The summed E-state index contributed by atoms with van der Waals surface area (Å²) in [7, 11) is 3.24. The lowest BCUT2D eigenvalue weighted by atomic mass is 10.0. The summed E-state index contributed by atoms with van der Waals surface area (Å²) < 4.78 is 4.83. The highest BCUT2D eigenvalue weighted by Gasteiger charge is 2.39. The third-order valence-corrected chi connectivity index (χ3v) is 13.0. The van der Waals surface area contributed by atoms with Gasteiger partial charge in [0.2, 0.25) is 11.8 Å². The van der Waals surface area contributed by atoms with Gasteiger partial charge in [0.05, 0.1) is 49.0 Å². The predicted octanol–water partition coefficient (Wildman–Crippen LogP) is 7.24. The molecular formula is C52H53N9O5. The second-order valence-electron chi connectivity index (χ2n) is 17.1. The maximum absolute atomic E-state index is 14.3. The van der Waals surface area contributed by atoms with E-state index < -0.39 is 18.2 Å². The molecule has 5 heterocycles. The maximum Gasteiger partial charge on any atom is 0.407 e. The number of carbonyl (C=O) groups excluding carboxylic acids is 4. The van der Waals surface area contributed by atoms with Gasteiger partial charge in [-0.2, -0.15) is 0 Å². The molecule has 4 aromatic carbocycles. The minimum atomic E-state index is -0.885. The number of imidazole rings is 2. The molecule has 2 aromatic heterocycles. The molecule has 3 fully saturated rings. The standard InChI is InChI=1S/C52H53N9O5/c1-59-29-9-18-44(59)49(62)57-45(38-12-5-3-6-13-38)50(63)60-30-10-16-42(60)47-53-32-40(55-47)36-25-21-34(22-26-36)19-20-35-23-27-37(28-24-35)41-33-54-48(56-41)43-17-11-31-61(43)51(64)46(58-52(65)66-2)39-14-7-4-8-15-39/h3-8,12-15,21-28,32-33,42-46H,9-11,16-18,29-31H2,1-2H3,(H,53,55)(H,54,56)(H,57,62)(H,58,65)/t42-,43-,44-,45+,46+/m0/s1. The van der Waals surface area contributed by atoms with Crippen molar-refractivity contribution in [1.82, 2.24) is 45.3 Å². The molecule has 3 aliphatic rings. The van der Waals surface area contributed by atoms with Gasteiger partial charge in [-0.3, -0.25) is 19.3 Å². The number of hydrogen-bond acceptors (Lipinski definition) is 8. The zero-order valence-electron chi connectivity index (χ0n) is 37.1. The van der Waals surface area contributed by atoms with Crippen LogP contribution in [-0.4, -0.2) is 98.3 Å². The van der Waals surface area contributed by atoms with Crippen molar-refractivity contribution in [2.24, 2.45) is 0 Å². The van der Waals surface area contributed by atoms with E-state index in [1.165, 1.54) is 7.11 Å². The number of benzene rings is 4. The van der Waals surface area contributed by atoms with Gasteiger partial charge in [-0.15, -0.1) is 0 Å². The van der Waals surface area contributed by atoms with Crippen molar-refractivity contribution in [3.8, 4) is 34.4 Å². The Hall–Kier alpha value is -7.50. The minimum absolute atomic E-state index is 0.116. The first-order chi connectivity index (χ1) is 32.2. The fourth-order valence-electron chi connectivity index (χ4n) is 9.40. The van der Waals surface area contributed by atoms with E-state index in [0.717, 1.165) is 90.1 Å². The Morgan fingerprint density at radius 1 is 0.621 bits per heavy atom. The number of aromatic amines is 2. The Morgan fingerprint density at radius 3 is 1.52 bits per heavy atom. The average molecular weight is 884 g/mol. The molecular weight excluding hydrogens is 831 g/mol. The molecule has 14 nitrogen and oxygen atoms in total. The number of likely N-dealkylation sites (N-methyl/N-ethyl adjacent to an activating group) is 1. The monoisotopic (exact) mass is 883 g/mol. The van der Waals surface area contributed by atoms with Crippen LogP contribution in [0.5, 0.6) is 0 Å². The summed E-state index contributed by atoms with van der Waals surface area (Å²) in [6, 6.07) is 32.2. The van der Waals surface area contributed by atoms with Gasteiger partial charge in [0, 0.05) is 24.2 Å². The van der Waals surface area contributed by atoms with Crippen molar-refractivity contribution in [1.29, 1.82) is 0 Å². The summed E-state index contributed by atoms with van der Waals surface area (Å²) in [6.07, 6.45) is 7.83. The Balaban J connectivity index is 0.831. The zero-order valence-corrected chi connectivity index (χ0v) is 37.1. The van der Waals surface area contributed by atoms with Crippen molar-refractivity contribution in [3.63, 3.8) is 0 Å². The number of H-pyrrole nitrogens is 2. The molecule has 5 atom stereocenters. The van der Waals surface area contributed by atoms with Crippen LogP contribution in [-0.2, 0) is 19.1 Å². The van der Waals surface area contributed by atoms with Crippen LogP contribution in [0.25, 0.3) is 22.5 Å². The van der Waals surface area contributed by atoms with E-state index in [1.54, 1.807) is 11.1 Å². The third-order valence-electron chi connectivity index (χ3n) is 13.0. The number of ether oxygens (including phenoxy) is 1. The molecule has 0 saturated carbocycles. The topological polar surface area (TPSA) is 169 Å². The maximum atomic E-state index is 14.3.